The van der Waals surface area contributed by atoms with Crippen LogP contribution in [-0.2, 0) is 12.0 Å². The fourth-order valence-electron chi connectivity index (χ4n) is 2.39. The maximum absolute atomic E-state index is 12.9. The van der Waals surface area contributed by atoms with E-state index in [2.05, 4.69) is 59.8 Å². The Hall–Kier alpha value is -1.09. The van der Waals surface area contributed by atoms with Gasteiger partial charge in [-0.1, -0.05) is 40.7 Å². The Balaban J connectivity index is 3.25. The van der Waals surface area contributed by atoms with Crippen molar-refractivity contribution < 1.29 is 0 Å². The molecule has 0 bridgehead atoms. The number of hydrogen-bond donors (Lipinski definition) is 1. The Morgan fingerprint density at radius 2 is 1.76 bits per heavy atom. The SMILES string of the molecule is CCC(C)NCc1ccc(C(C)(C)C)n(C(C)CC)c1=O. The van der Waals surface area contributed by atoms with Gasteiger partial charge in [-0.05, 0) is 32.8 Å². The van der Waals surface area contributed by atoms with Crippen molar-refractivity contribution in [1.29, 1.82) is 0 Å². The molecule has 2 unspecified atom stereocenters. The molecule has 0 saturated carbocycles. The third-order valence-corrected chi connectivity index (χ3v) is 4.25. The Kier molecular flexibility index (Phi) is 6.21. The van der Waals surface area contributed by atoms with Crippen LogP contribution in [0.5, 0.6) is 0 Å². The fraction of sp³-hybridized carbons (Fsp3) is 0.722. The van der Waals surface area contributed by atoms with Gasteiger partial charge in [0.05, 0.1) is 0 Å². The van der Waals surface area contributed by atoms with Crippen molar-refractivity contribution in [1.82, 2.24) is 9.88 Å². The van der Waals surface area contributed by atoms with Crippen LogP contribution >= 0.6 is 0 Å². The van der Waals surface area contributed by atoms with E-state index in [1.165, 1.54) is 0 Å². The van der Waals surface area contributed by atoms with Gasteiger partial charge < -0.3 is 9.88 Å². The summed E-state index contributed by atoms with van der Waals surface area (Å²) in [7, 11) is 0. The van der Waals surface area contributed by atoms with E-state index in [9.17, 15) is 4.79 Å². The summed E-state index contributed by atoms with van der Waals surface area (Å²) in [6.07, 6.45) is 2.03. The lowest BCUT2D eigenvalue weighted by Gasteiger charge is -2.28. The summed E-state index contributed by atoms with van der Waals surface area (Å²) in [6.45, 7) is 15.7. The molecule has 120 valence electrons. The Morgan fingerprint density at radius 3 is 2.24 bits per heavy atom. The molecular formula is C18H32N2O. The molecule has 21 heavy (non-hydrogen) atoms. The van der Waals surface area contributed by atoms with Gasteiger partial charge in [-0.2, -0.15) is 0 Å². The molecule has 3 nitrogen and oxygen atoms in total. The van der Waals surface area contributed by atoms with Crippen LogP contribution in [-0.4, -0.2) is 10.6 Å². The van der Waals surface area contributed by atoms with Gasteiger partial charge in [0.2, 0.25) is 0 Å². The van der Waals surface area contributed by atoms with Crippen molar-refractivity contribution in [3.8, 4) is 0 Å². The predicted molar refractivity (Wildman–Crippen MR) is 91.0 cm³/mol. The van der Waals surface area contributed by atoms with Crippen LogP contribution in [0.3, 0.4) is 0 Å². The highest BCUT2D eigenvalue weighted by Crippen LogP contribution is 2.24. The Morgan fingerprint density at radius 1 is 1.14 bits per heavy atom. The molecule has 1 aromatic rings. The maximum Gasteiger partial charge on any atom is 0.255 e. The number of rotatable bonds is 6. The van der Waals surface area contributed by atoms with Crippen LogP contribution < -0.4 is 10.9 Å². The third kappa shape index (κ3) is 4.44. The fourth-order valence-corrected chi connectivity index (χ4v) is 2.39. The molecule has 0 aliphatic heterocycles. The van der Waals surface area contributed by atoms with E-state index >= 15 is 0 Å². The highest BCUT2D eigenvalue weighted by Gasteiger charge is 2.22. The number of pyridine rings is 1. The van der Waals surface area contributed by atoms with Gasteiger partial charge in [-0.25, -0.2) is 0 Å². The molecule has 0 aromatic carbocycles. The first-order valence-corrected chi connectivity index (χ1v) is 8.20. The van der Waals surface area contributed by atoms with Crippen LogP contribution in [0.15, 0.2) is 16.9 Å². The van der Waals surface area contributed by atoms with Crippen LogP contribution in [0.25, 0.3) is 0 Å². The van der Waals surface area contributed by atoms with E-state index in [1.54, 1.807) is 0 Å². The second-order valence-corrected chi connectivity index (χ2v) is 7.12. The predicted octanol–water partition coefficient (Wildman–Crippen LogP) is 4.00. The molecule has 0 fully saturated rings. The van der Waals surface area contributed by atoms with E-state index in [1.807, 2.05) is 10.6 Å². The van der Waals surface area contributed by atoms with Crippen molar-refractivity contribution in [2.24, 2.45) is 0 Å². The summed E-state index contributed by atoms with van der Waals surface area (Å²) in [5, 5.41) is 3.42. The number of aromatic nitrogens is 1. The smallest absolute Gasteiger partial charge is 0.255 e. The topological polar surface area (TPSA) is 34.0 Å². The van der Waals surface area contributed by atoms with Crippen molar-refractivity contribution >= 4 is 0 Å². The minimum atomic E-state index is -0.0226. The van der Waals surface area contributed by atoms with Crippen molar-refractivity contribution in [2.75, 3.05) is 0 Å². The first-order valence-electron chi connectivity index (χ1n) is 8.20. The zero-order valence-corrected chi connectivity index (χ0v) is 14.8. The Bertz CT molecular complexity index is 511. The van der Waals surface area contributed by atoms with E-state index in [0.29, 0.717) is 12.6 Å². The summed E-state index contributed by atoms with van der Waals surface area (Å²) < 4.78 is 1.99. The molecule has 2 atom stereocenters. The molecule has 1 rings (SSSR count). The third-order valence-electron chi connectivity index (χ3n) is 4.25. The second kappa shape index (κ2) is 7.26. The molecule has 0 radical (unpaired) electrons. The highest BCUT2D eigenvalue weighted by atomic mass is 16.1. The molecular weight excluding hydrogens is 260 g/mol. The normalized spacial score (nSPS) is 15.0. The zero-order valence-electron chi connectivity index (χ0n) is 14.8. The van der Waals surface area contributed by atoms with E-state index in [4.69, 9.17) is 0 Å². The molecule has 0 aliphatic carbocycles. The average molecular weight is 292 g/mol. The summed E-state index contributed by atoms with van der Waals surface area (Å²) in [4.78, 5) is 12.9. The summed E-state index contributed by atoms with van der Waals surface area (Å²) in [5.74, 6) is 0. The standard InChI is InChI=1S/C18H32N2O/c1-8-13(3)19-12-15-10-11-16(18(5,6)7)20(17(15)21)14(4)9-2/h10-11,13-14,19H,8-9,12H2,1-7H3. The molecule has 1 heterocycles. The lowest BCUT2D eigenvalue weighted by atomic mass is 9.90. The van der Waals surface area contributed by atoms with Crippen LogP contribution in [0.4, 0.5) is 0 Å². The number of hydrogen-bond acceptors (Lipinski definition) is 2. The van der Waals surface area contributed by atoms with Gasteiger partial charge in [0.25, 0.3) is 5.56 Å². The lowest BCUT2D eigenvalue weighted by molar-refractivity contribution is 0.433. The highest BCUT2D eigenvalue weighted by molar-refractivity contribution is 5.22. The summed E-state index contributed by atoms with van der Waals surface area (Å²) in [5.41, 5.74) is 2.12. The molecule has 0 aliphatic rings. The minimum absolute atomic E-state index is 0.0226. The summed E-state index contributed by atoms with van der Waals surface area (Å²) in [6, 6.07) is 4.79. The molecule has 3 heteroatoms. The molecule has 0 amide bonds. The van der Waals surface area contributed by atoms with E-state index in [0.717, 1.165) is 24.1 Å². The molecule has 0 saturated heterocycles. The first-order chi connectivity index (χ1) is 9.72. The van der Waals surface area contributed by atoms with Crippen molar-refractivity contribution in [2.45, 2.75) is 85.4 Å². The first kappa shape index (κ1) is 18.0. The van der Waals surface area contributed by atoms with Gasteiger partial charge in [-0.3, -0.25) is 4.79 Å². The monoisotopic (exact) mass is 292 g/mol. The molecule has 1 aromatic heterocycles. The summed E-state index contributed by atoms with van der Waals surface area (Å²) >= 11 is 0. The molecule has 1 N–H and O–H groups in total. The van der Waals surface area contributed by atoms with E-state index in [-0.39, 0.29) is 17.0 Å². The van der Waals surface area contributed by atoms with Gasteiger partial charge in [-0.15, -0.1) is 0 Å². The van der Waals surface area contributed by atoms with Gasteiger partial charge >= 0.3 is 0 Å². The quantitative estimate of drug-likeness (QED) is 0.859. The van der Waals surface area contributed by atoms with Crippen LogP contribution in [0.1, 0.15) is 78.6 Å². The number of nitrogens with zero attached hydrogens (tertiary/aromatic N) is 1. The van der Waals surface area contributed by atoms with E-state index < -0.39 is 0 Å². The number of nitrogens with one attached hydrogen (secondary N) is 1. The van der Waals surface area contributed by atoms with Crippen LogP contribution in [0, 0.1) is 0 Å². The average Bonchev–Trinajstić information content (AvgIpc) is 2.43. The Labute approximate surface area is 129 Å². The zero-order chi connectivity index (χ0) is 16.2. The van der Waals surface area contributed by atoms with Gasteiger partial charge in [0, 0.05) is 35.3 Å². The van der Waals surface area contributed by atoms with Crippen LogP contribution in [0.2, 0.25) is 0 Å². The molecule has 0 spiro atoms. The largest absolute Gasteiger partial charge is 0.310 e. The maximum atomic E-state index is 12.9. The van der Waals surface area contributed by atoms with Gasteiger partial charge in [0.15, 0.2) is 0 Å². The van der Waals surface area contributed by atoms with Gasteiger partial charge in [0.1, 0.15) is 0 Å². The van der Waals surface area contributed by atoms with Crippen molar-refractivity contribution in [3.05, 3.63) is 33.7 Å². The second-order valence-electron chi connectivity index (χ2n) is 7.12. The van der Waals surface area contributed by atoms with Crippen molar-refractivity contribution in [3.63, 3.8) is 0 Å². The minimum Gasteiger partial charge on any atom is -0.310 e. The lowest BCUT2D eigenvalue weighted by Crippen LogP contribution is -2.36.